The zero-order chi connectivity index (χ0) is 10.9. The van der Waals surface area contributed by atoms with Crippen LogP contribution in [0.2, 0.25) is 0 Å². The van der Waals surface area contributed by atoms with Crippen LogP contribution in [0.25, 0.3) is 0 Å². The van der Waals surface area contributed by atoms with Crippen molar-refractivity contribution in [2.45, 2.75) is 11.1 Å². The first kappa shape index (κ1) is 11.7. The maximum atomic E-state index is 12.1. The first-order valence-corrected chi connectivity index (χ1v) is 5.15. The van der Waals surface area contributed by atoms with Crippen molar-refractivity contribution < 1.29 is 21.9 Å². The molecular weight excluding hydrogens is 285 g/mol. The maximum Gasteiger partial charge on any atom is 0.416 e. The molecule has 1 unspecified atom stereocenters. The molecule has 2 nitrogen and oxygen atoms in total. The van der Waals surface area contributed by atoms with Gasteiger partial charge in [-0.05, 0) is 45.2 Å². The maximum absolute atomic E-state index is 12.1. The van der Waals surface area contributed by atoms with E-state index in [4.69, 9.17) is 0 Å². The van der Waals surface area contributed by atoms with Gasteiger partial charge >= 0.3 is 6.18 Å². The Labute approximate surface area is 88.5 Å². The zero-order valence-electron chi connectivity index (χ0n) is 6.47. The summed E-state index contributed by atoms with van der Waals surface area (Å²) in [6, 6.07) is 2.43. The average Bonchev–Trinajstić information content (AvgIpc) is 2.02. The average molecular weight is 288 g/mol. The van der Waals surface area contributed by atoms with Crippen LogP contribution in [-0.4, -0.2) is 8.76 Å². The molecule has 1 aromatic rings. The van der Waals surface area contributed by atoms with Gasteiger partial charge in [-0.15, -0.1) is 0 Å². The monoisotopic (exact) mass is 287 g/mol. The Bertz CT molecular complexity index is 378. The van der Waals surface area contributed by atoms with Crippen molar-refractivity contribution in [1.29, 1.82) is 0 Å². The van der Waals surface area contributed by atoms with E-state index in [1.54, 1.807) is 0 Å². The SMILES string of the molecule is O=S([O-])c1cc(C(F)(F)F)ccc1Br. The van der Waals surface area contributed by atoms with Crippen LogP contribution >= 0.6 is 15.9 Å². The molecule has 78 valence electrons. The molecule has 0 N–H and O–H groups in total. The summed E-state index contributed by atoms with van der Waals surface area (Å²) in [5.74, 6) is 0. The zero-order valence-corrected chi connectivity index (χ0v) is 8.87. The summed E-state index contributed by atoms with van der Waals surface area (Å²) in [7, 11) is 0. The smallest absolute Gasteiger partial charge is 0.416 e. The minimum atomic E-state index is -4.53. The highest BCUT2D eigenvalue weighted by Gasteiger charge is 2.30. The number of rotatable bonds is 1. The molecule has 0 radical (unpaired) electrons. The normalized spacial score (nSPS) is 14.1. The van der Waals surface area contributed by atoms with Crippen molar-refractivity contribution in [1.82, 2.24) is 0 Å². The lowest BCUT2D eigenvalue weighted by molar-refractivity contribution is -0.137. The van der Waals surface area contributed by atoms with Gasteiger partial charge in [-0.1, -0.05) is 0 Å². The first-order chi connectivity index (χ1) is 6.32. The van der Waals surface area contributed by atoms with Crippen LogP contribution in [0.4, 0.5) is 13.2 Å². The molecule has 1 rings (SSSR count). The third-order valence-electron chi connectivity index (χ3n) is 1.44. The Balaban J connectivity index is 3.27. The van der Waals surface area contributed by atoms with E-state index in [9.17, 15) is 21.9 Å². The van der Waals surface area contributed by atoms with Crippen molar-refractivity contribution in [3.63, 3.8) is 0 Å². The lowest BCUT2D eigenvalue weighted by Gasteiger charge is -2.11. The predicted octanol–water partition coefficient (Wildman–Crippen LogP) is 2.71. The molecule has 0 saturated carbocycles. The van der Waals surface area contributed by atoms with E-state index in [2.05, 4.69) is 15.9 Å². The Morgan fingerprint density at radius 2 is 1.93 bits per heavy atom. The quantitative estimate of drug-likeness (QED) is 0.745. The molecule has 14 heavy (non-hydrogen) atoms. The van der Waals surface area contributed by atoms with Crippen molar-refractivity contribution in [2.24, 2.45) is 0 Å². The Kier molecular flexibility index (Phi) is 3.33. The molecule has 0 heterocycles. The lowest BCUT2D eigenvalue weighted by atomic mass is 10.2. The van der Waals surface area contributed by atoms with Crippen LogP contribution < -0.4 is 0 Å². The molecule has 0 saturated heterocycles. The Morgan fingerprint density at radius 1 is 1.36 bits per heavy atom. The number of hydrogen-bond donors (Lipinski definition) is 0. The predicted molar refractivity (Wildman–Crippen MR) is 46.3 cm³/mol. The first-order valence-electron chi connectivity index (χ1n) is 3.28. The van der Waals surface area contributed by atoms with Gasteiger partial charge in [-0.2, -0.15) is 13.2 Å². The van der Waals surface area contributed by atoms with E-state index in [1.165, 1.54) is 0 Å². The molecule has 0 bridgehead atoms. The molecular formula is C7H3BrF3O2S-. The Hall–Kier alpha value is -0.400. The highest BCUT2D eigenvalue weighted by atomic mass is 79.9. The van der Waals surface area contributed by atoms with Crippen LogP contribution in [0, 0.1) is 0 Å². The van der Waals surface area contributed by atoms with Crippen molar-refractivity contribution in [3.8, 4) is 0 Å². The fourth-order valence-corrected chi connectivity index (χ4v) is 1.90. The van der Waals surface area contributed by atoms with Crippen molar-refractivity contribution in [3.05, 3.63) is 28.2 Å². The molecule has 0 spiro atoms. The molecule has 0 amide bonds. The molecule has 0 fully saturated rings. The van der Waals surface area contributed by atoms with Gasteiger partial charge in [-0.25, -0.2) is 0 Å². The number of halogens is 4. The topological polar surface area (TPSA) is 40.1 Å². The Morgan fingerprint density at radius 3 is 2.36 bits per heavy atom. The van der Waals surface area contributed by atoms with Gasteiger partial charge in [0, 0.05) is 9.37 Å². The molecule has 7 heteroatoms. The van der Waals surface area contributed by atoms with Crippen molar-refractivity contribution >= 4 is 27.0 Å². The van der Waals surface area contributed by atoms with Gasteiger partial charge in [0.1, 0.15) is 0 Å². The van der Waals surface area contributed by atoms with Gasteiger partial charge in [0.25, 0.3) is 0 Å². The van der Waals surface area contributed by atoms with E-state index < -0.39 is 27.7 Å². The standard InChI is InChI=1S/C7H4BrF3O2S/c8-5-2-1-4(7(9,10)11)3-6(5)14(12)13/h1-3H,(H,12,13)/p-1. The number of benzene rings is 1. The van der Waals surface area contributed by atoms with E-state index >= 15 is 0 Å². The van der Waals surface area contributed by atoms with E-state index in [0.717, 1.165) is 12.1 Å². The fraction of sp³-hybridized carbons (Fsp3) is 0.143. The van der Waals surface area contributed by atoms with Crippen LogP contribution in [0.1, 0.15) is 5.56 Å². The lowest BCUT2D eigenvalue weighted by Crippen LogP contribution is -2.06. The summed E-state index contributed by atoms with van der Waals surface area (Å²) in [6.07, 6.45) is -4.53. The largest absolute Gasteiger partial charge is 0.768 e. The highest BCUT2D eigenvalue weighted by molar-refractivity contribution is 9.10. The molecule has 0 aliphatic rings. The summed E-state index contributed by atoms with van der Waals surface area (Å²) in [6.45, 7) is 0. The summed E-state index contributed by atoms with van der Waals surface area (Å²) in [4.78, 5) is -0.403. The second-order valence-corrected chi connectivity index (χ2v) is 4.14. The van der Waals surface area contributed by atoms with E-state index in [1.807, 2.05) is 0 Å². The summed E-state index contributed by atoms with van der Waals surface area (Å²) in [5.41, 5.74) is -0.986. The van der Waals surface area contributed by atoms with Gasteiger partial charge in [0.2, 0.25) is 0 Å². The summed E-state index contributed by atoms with van der Waals surface area (Å²) >= 11 is 0.155. The molecule has 1 atom stereocenters. The molecule has 0 aliphatic carbocycles. The number of hydrogen-bond acceptors (Lipinski definition) is 2. The van der Waals surface area contributed by atoms with Crippen LogP contribution in [0.15, 0.2) is 27.6 Å². The third kappa shape index (κ3) is 2.55. The van der Waals surface area contributed by atoms with E-state index in [0.29, 0.717) is 6.07 Å². The van der Waals surface area contributed by atoms with Crippen LogP contribution in [0.5, 0.6) is 0 Å². The third-order valence-corrected chi connectivity index (χ3v) is 3.09. The van der Waals surface area contributed by atoms with E-state index in [-0.39, 0.29) is 4.47 Å². The number of alkyl halides is 3. The van der Waals surface area contributed by atoms with Gasteiger partial charge < -0.3 is 4.55 Å². The van der Waals surface area contributed by atoms with Gasteiger partial charge in [0.15, 0.2) is 0 Å². The van der Waals surface area contributed by atoms with Gasteiger partial charge in [-0.3, -0.25) is 4.21 Å². The summed E-state index contributed by atoms with van der Waals surface area (Å²) < 4.78 is 57.6. The molecule has 0 aliphatic heterocycles. The highest BCUT2D eigenvalue weighted by Crippen LogP contribution is 2.32. The minimum Gasteiger partial charge on any atom is -0.768 e. The second kappa shape index (κ2) is 4.00. The van der Waals surface area contributed by atoms with Crippen LogP contribution in [0.3, 0.4) is 0 Å². The molecule has 0 aromatic heterocycles. The van der Waals surface area contributed by atoms with Crippen LogP contribution in [-0.2, 0) is 17.3 Å². The molecule has 1 aromatic carbocycles. The summed E-state index contributed by atoms with van der Waals surface area (Å²) in [5, 5.41) is 0. The van der Waals surface area contributed by atoms with Gasteiger partial charge in [0.05, 0.1) is 5.56 Å². The fourth-order valence-electron chi connectivity index (χ4n) is 0.807. The minimum absolute atomic E-state index is 0.110. The second-order valence-electron chi connectivity index (χ2n) is 2.38. The van der Waals surface area contributed by atoms with Crippen molar-refractivity contribution in [2.75, 3.05) is 0 Å².